The number of hydrogen-bond acceptors (Lipinski definition) is 5. The Morgan fingerprint density at radius 2 is 1.58 bits per heavy atom. The molecular formula is C26H32N4O3. The van der Waals surface area contributed by atoms with Crippen LogP contribution in [0.25, 0.3) is 0 Å². The zero-order chi connectivity index (χ0) is 22.6. The number of rotatable bonds is 5. The molecule has 7 heteroatoms. The first-order valence-electron chi connectivity index (χ1n) is 12.1. The van der Waals surface area contributed by atoms with Gasteiger partial charge in [-0.05, 0) is 68.5 Å². The Kier molecular flexibility index (Phi) is 6.37. The molecule has 3 aliphatic rings. The number of carbonyl (C=O) groups excluding carboxylic acids is 2. The molecule has 1 N–H and O–H groups in total. The second kappa shape index (κ2) is 9.73. The molecule has 0 aromatic heterocycles. The second-order valence-electron chi connectivity index (χ2n) is 9.13. The Balaban J connectivity index is 1.25. The van der Waals surface area contributed by atoms with Gasteiger partial charge in [-0.1, -0.05) is 12.1 Å². The Hall–Kier alpha value is -3.22. The first kappa shape index (κ1) is 21.6. The highest BCUT2D eigenvalue weighted by molar-refractivity contribution is 5.95. The van der Waals surface area contributed by atoms with Crippen LogP contribution in [0.5, 0.6) is 5.75 Å². The molecule has 2 amide bonds. The Morgan fingerprint density at radius 3 is 2.33 bits per heavy atom. The maximum Gasteiger partial charge on any atom is 0.265 e. The van der Waals surface area contributed by atoms with E-state index in [1.54, 1.807) is 0 Å². The van der Waals surface area contributed by atoms with E-state index in [1.807, 2.05) is 46.2 Å². The largest absolute Gasteiger partial charge is 0.477 e. The van der Waals surface area contributed by atoms with Crippen molar-refractivity contribution >= 4 is 28.9 Å². The third-order valence-corrected chi connectivity index (χ3v) is 6.76. The van der Waals surface area contributed by atoms with Gasteiger partial charge in [-0.3, -0.25) is 9.59 Å². The van der Waals surface area contributed by atoms with Crippen molar-refractivity contribution in [3.63, 3.8) is 0 Å². The van der Waals surface area contributed by atoms with Crippen LogP contribution in [0.2, 0.25) is 0 Å². The van der Waals surface area contributed by atoms with Crippen molar-refractivity contribution in [1.29, 1.82) is 0 Å². The summed E-state index contributed by atoms with van der Waals surface area (Å²) in [7, 11) is 0. The summed E-state index contributed by atoms with van der Waals surface area (Å²) in [4.78, 5) is 32.2. The normalized spacial score (nSPS) is 20.2. The molecule has 0 aliphatic carbocycles. The van der Waals surface area contributed by atoms with Gasteiger partial charge in [-0.25, -0.2) is 0 Å². The fraction of sp³-hybridized carbons (Fsp3) is 0.462. The minimum absolute atomic E-state index is 0.0205. The molecule has 1 unspecified atom stereocenters. The molecule has 5 rings (SSSR count). The van der Waals surface area contributed by atoms with Gasteiger partial charge in [0.15, 0.2) is 6.10 Å². The zero-order valence-electron chi connectivity index (χ0n) is 19.0. The summed E-state index contributed by atoms with van der Waals surface area (Å²) in [6, 6.07) is 15.7. The molecule has 0 radical (unpaired) electrons. The quantitative estimate of drug-likeness (QED) is 0.759. The predicted molar refractivity (Wildman–Crippen MR) is 130 cm³/mol. The van der Waals surface area contributed by atoms with E-state index in [1.165, 1.54) is 24.9 Å². The number of para-hydroxylation sites is 2. The van der Waals surface area contributed by atoms with Crippen LogP contribution in [-0.2, 0) is 9.59 Å². The maximum atomic E-state index is 13.1. The van der Waals surface area contributed by atoms with Crippen LogP contribution < -0.4 is 19.9 Å². The second-order valence-corrected chi connectivity index (χ2v) is 9.13. The van der Waals surface area contributed by atoms with Crippen molar-refractivity contribution in [3.05, 3.63) is 48.5 Å². The van der Waals surface area contributed by atoms with Gasteiger partial charge in [0.1, 0.15) is 5.75 Å². The molecule has 7 nitrogen and oxygen atoms in total. The number of fused-ring (bicyclic) bond motifs is 1. The SMILES string of the molecule is O=C(CN1CC(C(=O)N2CCCCC2)Oc2ccccc21)Nc1ccc(N2CCCC2)cc1. The first-order chi connectivity index (χ1) is 16.2. The van der Waals surface area contributed by atoms with Gasteiger partial charge in [0.05, 0.1) is 18.8 Å². The molecule has 174 valence electrons. The van der Waals surface area contributed by atoms with Crippen molar-refractivity contribution in [2.24, 2.45) is 0 Å². The standard InChI is InChI=1S/C26H32N4O3/c31-25(27-20-10-12-21(13-11-20)28-14-6-7-15-28)19-30-18-24(26(32)29-16-4-1-5-17-29)33-23-9-3-2-8-22(23)30/h2-3,8-13,24H,1,4-7,14-19H2,(H,27,31). The molecule has 2 aromatic rings. The third-order valence-electron chi connectivity index (χ3n) is 6.76. The van der Waals surface area contributed by atoms with Crippen LogP contribution in [0.4, 0.5) is 17.1 Å². The Labute approximate surface area is 195 Å². The minimum atomic E-state index is -0.592. The molecule has 3 aliphatic heterocycles. The van der Waals surface area contributed by atoms with E-state index in [-0.39, 0.29) is 18.4 Å². The first-order valence-corrected chi connectivity index (χ1v) is 12.1. The minimum Gasteiger partial charge on any atom is -0.477 e. The van der Waals surface area contributed by atoms with E-state index in [0.29, 0.717) is 12.3 Å². The highest BCUT2D eigenvalue weighted by atomic mass is 16.5. The number of benzene rings is 2. The molecule has 0 saturated carbocycles. The number of nitrogens with zero attached hydrogens (tertiary/aromatic N) is 3. The van der Waals surface area contributed by atoms with Gasteiger partial charge in [0.25, 0.3) is 5.91 Å². The Bertz CT molecular complexity index is 981. The Morgan fingerprint density at radius 1 is 0.879 bits per heavy atom. The fourth-order valence-electron chi connectivity index (χ4n) is 5.01. The molecule has 2 fully saturated rings. The van der Waals surface area contributed by atoms with Crippen LogP contribution in [0.3, 0.4) is 0 Å². The van der Waals surface area contributed by atoms with Gasteiger partial charge < -0.3 is 24.8 Å². The monoisotopic (exact) mass is 448 g/mol. The fourth-order valence-corrected chi connectivity index (χ4v) is 5.01. The number of piperidine rings is 1. The van der Waals surface area contributed by atoms with Crippen LogP contribution in [0.1, 0.15) is 32.1 Å². The van der Waals surface area contributed by atoms with Crippen LogP contribution in [0, 0.1) is 0 Å². The lowest BCUT2D eigenvalue weighted by Gasteiger charge is -2.38. The molecule has 33 heavy (non-hydrogen) atoms. The molecule has 1 atom stereocenters. The van der Waals surface area contributed by atoms with Crippen LogP contribution in [0.15, 0.2) is 48.5 Å². The van der Waals surface area contributed by atoms with Gasteiger partial charge >= 0.3 is 0 Å². The molecule has 0 bridgehead atoms. The van der Waals surface area contributed by atoms with E-state index < -0.39 is 6.10 Å². The van der Waals surface area contributed by atoms with E-state index in [0.717, 1.165) is 50.4 Å². The van der Waals surface area contributed by atoms with E-state index in [4.69, 9.17) is 4.74 Å². The lowest BCUT2D eigenvalue weighted by molar-refractivity contribution is -0.139. The number of amides is 2. The van der Waals surface area contributed by atoms with Crippen molar-refractivity contribution in [1.82, 2.24) is 4.90 Å². The van der Waals surface area contributed by atoms with E-state index in [2.05, 4.69) is 22.3 Å². The zero-order valence-corrected chi connectivity index (χ0v) is 19.0. The van der Waals surface area contributed by atoms with E-state index >= 15 is 0 Å². The summed E-state index contributed by atoms with van der Waals surface area (Å²) < 4.78 is 6.07. The number of anilines is 3. The topological polar surface area (TPSA) is 65.1 Å². The summed E-state index contributed by atoms with van der Waals surface area (Å²) >= 11 is 0. The number of carbonyl (C=O) groups is 2. The summed E-state index contributed by atoms with van der Waals surface area (Å²) in [5.41, 5.74) is 2.83. The van der Waals surface area contributed by atoms with Crippen LogP contribution in [-0.4, -0.2) is 62.1 Å². The maximum absolute atomic E-state index is 13.1. The van der Waals surface area contributed by atoms with Gasteiger partial charge in [0.2, 0.25) is 5.91 Å². The van der Waals surface area contributed by atoms with Gasteiger partial charge in [-0.2, -0.15) is 0 Å². The molecule has 2 aromatic carbocycles. The lowest BCUT2D eigenvalue weighted by atomic mass is 10.1. The van der Waals surface area contributed by atoms with Crippen molar-refractivity contribution in [3.8, 4) is 5.75 Å². The molecule has 0 spiro atoms. The third kappa shape index (κ3) is 4.92. The average molecular weight is 449 g/mol. The number of ether oxygens (including phenoxy) is 1. The van der Waals surface area contributed by atoms with Crippen molar-refractivity contribution in [2.75, 3.05) is 54.4 Å². The van der Waals surface area contributed by atoms with Gasteiger partial charge in [-0.15, -0.1) is 0 Å². The number of hydrogen-bond donors (Lipinski definition) is 1. The molecule has 2 saturated heterocycles. The van der Waals surface area contributed by atoms with Crippen molar-refractivity contribution < 1.29 is 14.3 Å². The lowest BCUT2D eigenvalue weighted by Crippen LogP contribution is -2.52. The highest BCUT2D eigenvalue weighted by Gasteiger charge is 2.34. The number of likely N-dealkylation sites (tertiary alicyclic amines) is 1. The smallest absolute Gasteiger partial charge is 0.265 e. The summed E-state index contributed by atoms with van der Waals surface area (Å²) in [6.45, 7) is 4.30. The number of nitrogens with one attached hydrogen (secondary N) is 1. The summed E-state index contributed by atoms with van der Waals surface area (Å²) in [5, 5.41) is 3.01. The highest BCUT2D eigenvalue weighted by Crippen LogP contribution is 2.33. The van der Waals surface area contributed by atoms with E-state index in [9.17, 15) is 9.59 Å². The van der Waals surface area contributed by atoms with Crippen LogP contribution >= 0.6 is 0 Å². The predicted octanol–water partition coefficient (Wildman–Crippen LogP) is 3.51. The summed E-state index contributed by atoms with van der Waals surface area (Å²) in [6.07, 6.45) is 5.13. The summed E-state index contributed by atoms with van der Waals surface area (Å²) in [5.74, 6) is 0.568. The average Bonchev–Trinajstić information content (AvgIpc) is 3.39. The van der Waals surface area contributed by atoms with Crippen molar-refractivity contribution in [2.45, 2.75) is 38.2 Å². The molecular weight excluding hydrogens is 416 g/mol. The van der Waals surface area contributed by atoms with Gasteiger partial charge in [0, 0.05) is 37.6 Å². The molecule has 3 heterocycles.